The van der Waals surface area contributed by atoms with E-state index >= 15 is 0 Å². The van der Waals surface area contributed by atoms with Crippen LogP contribution in [0.5, 0.6) is 0 Å². The Labute approximate surface area is 120 Å². The summed E-state index contributed by atoms with van der Waals surface area (Å²) < 4.78 is 7.17. The molecule has 1 saturated heterocycles. The molecule has 1 atom stereocenters. The van der Waals surface area contributed by atoms with E-state index < -0.39 is 0 Å². The molecule has 6 heteroatoms. The summed E-state index contributed by atoms with van der Waals surface area (Å²) in [5, 5.41) is 7.29. The molecule has 20 heavy (non-hydrogen) atoms. The number of nitrogens with zero attached hydrogens (tertiary/aromatic N) is 3. The van der Waals surface area contributed by atoms with E-state index in [1.807, 2.05) is 25.5 Å². The normalized spacial score (nSPS) is 17.9. The Kier molecular flexibility index (Phi) is 5.14. The lowest BCUT2D eigenvalue weighted by molar-refractivity contribution is -0.123. The minimum Gasteiger partial charge on any atom is -0.379 e. The van der Waals surface area contributed by atoms with Crippen molar-refractivity contribution in [3.63, 3.8) is 0 Å². The minimum atomic E-state index is -0.0986. The van der Waals surface area contributed by atoms with Crippen LogP contribution in [0, 0.1) is 6.92 Å². The zero-order valence-corrected chi connectivity index (χ0v) is 12.6. The molecule has 0 unspecified atom stereocenters. The average molecular weight is 280 g/mol. The van der Waals surface area contributed by atoms with Gasteiger partial charge in [-0.2, -0.15) is 5.10 Å². The molecule has 1 N–H and O–H groups in total. The number of hydrogen-bond donors (Lipinski definition) is 1. The van der Waals surface area contributed by atoms with E-state index in [-0.39, 0.29) is 11.9 Å². The molecule has 112 valence electrons. The van der Waals surface area contributed by atoms with Crippen LogP contribution in [0.25, 0.3) is 0 Å². The van der Waals surface area contributed by atoms with Crippen LogP contribution >= 0.6 is 0 Å². The van der Waals surface area contributed by atoms with Crippen molar-refractivity contribution in [2.75, 3.05) is 31.6 Å². The molecule has 0 bridgehead atoms. The first-order valence-electron chi connectivity index (χ1n) is 7.32. The number of morpholine rings is 1. The van der Waals surface area contributed by atoms with Crippen LogP contribution in [0.2, 0.25) is 0 Å². The summed E-state index contributed by atoms with van der Waals surface area (Å²) in [4.78, 5) is 14.7. The number of aromatic nitrogens is 2. The molecule has 1 fully saturated rings. The number of rotatable bonds is 5. The predicted octanol–water partition coefficient (Wildman–Crippen LogP) is 1.26. The van der Waals surface area contributed by atoms with Gasteiger partial charge in [-0.3, -0.25) is 9.69 Å². The lowest BCUT2D eigenvalue weighted by Gasteiger charge is -2.33. The highest BCUT2D eigenvalue weighted by atomic mass is 16.5. The number of carbonyl (C=O) groups excluding carboxylic acids is 1. The van der Waals surface area contributed by atoms with Crippen LogP contribution in [0.15, 0.2) is 6.20 Å². The topological polar surface area (TPSA) is 59.4 Å². The summed E-state index contributed by atoms with van der Waals surface area (Å²) in [6.07, 6.45) is 2.58. The predicted molar refractivity (Wildman–Crippen MR) is 77.7 cm³/mol. The van der Waals surface area contributed by atoms with E-state index in [9.17, 15) is 4.79 Å². The second kappa shape index (κ2) is 6.85. The van der Waals surface area contributed by atoms with Crippen LogP contribution in [0.1, 0.15) is 25.8 Å². The molecule has 1 amide bonds. The summed E-state index contributed by atoms with van der Waals surface area (Å²) in [6, 6.07) is -0.0986. The molecule has 6 nitrogen and oxygen atoms in total. The summed E-state index contributed by atoms with van der Waals surface area (Å²) in [7, 11) is 0. The van der Waals surface area contributed by atoms with Crippen molar-refractivity contribution >= 4 is 11.7 Å². The summed E-state index contributed by atoms with van der Waals surface area (Å²) >= 11 is 0. The molecule has 1 aromatic heterocycles. The van der Waals surface area contributed by atoms with E-state index in [0.29, 0.717) is 13.2 Å². The molecule has 1 aromatic rings. The standard InChI is InChI=1S/C14H24N4O2/c1-4-12(17-6-8-20-9-7-17)14(19)16-13-11(3)10-15-18(13)5-2/h10,12H,4-9H2,1-3H3,(H,16,19)/t12-/m0/s1. The Morgan fingerprint density at radius 1 is 1.45 bits per heavy atom. The monoisotopic (exact) mass is 280 g/mol. The molecule has 0 radical (unpaired) electrons. The van der Waals surface area contributed by atoms with Crippen molar-refractivity contribution in [3.05, 3.63) is 11.8 Å². The number of nitrogens with one attached hydrogen (secondary N) is 1. The molecule has 2 rings (SSSR count). The SMILES string of the molecule is CC[C@@H](C(=O)Nc1c(C)cnn1CC)N1CCOCC1. The van der Waals surface area contributed by atoms with Crippen molar-refractivity contribution < 1.29 is 9.53 Å². The number of hydrogen-bond acceptors (Lipinski definition) is 4. The number of aryl methyl sites for hydroxylation is 2. The van der Waals surface area contributed by atoms with Crippen molar-refractivity contribution in [1.29, 1.82) is 0 Å². The Bertz CT molecular complexity index is 452. The number of anilines is 1. The average Bonchev–Trinajstić information content (AvgIpc) is 2.81. The van der Waals surface area contributed by atoms with Crippen LogP contribution < -0.4 is 5.32 Å². The Balaban J connectivity index is 2.06. The summed E-state index contributed by atoms with van der Waals surface area (Å²) in [5.74, 6) is 0.858. The van der Waals surface area contributed by atoms with Gasteiger partial charge >= 0.3 is 0 Å². The van der Waals surface area contributed by atoms with E-state index in [0.717, 1.165) is 37.4 Å². The quantitative estimate of drug-likeness (QED) is 0.882. The number of amides is 1. The fourth-order valence-corrected chi connectivity index (χ4v) is 2.58. The summed E-state index contributed by atoms with van der Waals surface area (Å²) in [5.41, 5.74) is 0.997. The highest BCUT2D eigenvalue weighted by molar-refractivity contribution is 5.94. The molecule has 2 heterocycles. The number of ether oxygens (including phenoxy) is 1. The fraction of sp³-hybridized carbons (Fsp3) is 0.714. The maximum atomic E-state index is 12.5. The van der Waals surface area contributed by atoms with Crippen molar-refractivity contribution in [2.45, 2.75) is 39.8 Å². The van der Waals surface area contributed by atoms with Gasteiger partial charge in [0, 0.05) is 25.2 Å². The van der Waals surface area contributed by atoms with Gasteiger partial charge in [0.05, 0.1) is 25.5 Å². The molecule has 1 aliphatic heterocycles. The van der Waals surface area contributed by atoms with E-state index in [2.05, 4.69) is 15.3 Å². The molecular weight excluding hydrogens is 256 g/mol. The Morgan fingerprint density at radius 2 is 2.15 bits per heavy atom. The largest absolute Gasteiger partial charge is 0.379 e. The van der Waals surface area contributed by atoms with Crippen LogP contribution in [0.3, 0.4) is 0 Å². The number of carbonyl (C=O) groups is 1. The molecule has 0 aliphatic carbocycles. The van der Waals surface area contributed by atoms with Gasteiger partial charge in [-0.15, -0.1) is 0 Å². The van der Waals surface area contributed by atoms with E-state index in [1.165, 1.54) is 0 Å². The molecule has 1 aliphatic rings. The van der Waals surface area contributed by atoms with Gasteiger partial charge < -0.3 is 10.1 Å². The van der Waals surface area contributed by atoms with Crippen molar-refractivity contribution in [2.24, 2.45) is 0 Å². The lowest BCUT2D eigenvalue weighted by Crippen LogP contribution is -2.49. The zero-order chi connectivity index (χ0) is 14.5. The van der Waals surface area contributed by atoms with Crippen LogP contribution in [0.4, 0.5) is 5.82 Å². The van der Waals surface area contributed by atoms with Crippen molar-refractivity contribution in [3.8, 4) is 0 Å². The van der Waals surface area contributed by atoms with Gasteiger partial charge in [-0.1, -0.05) is 6.92 Å². The second-order valence-corrected chi connectivity index (χ2v) is 5.05. The minimum absolute atomic E-state index is 0.0488. The first-order valence-corrected chi connectivity index (χ1v) is 7.32. The molecular formula is C14H24N4O2. The highest BCUT2D eigenvalue weighted by Gasteiger charge is 2.26. The third kappa shape index (κ3) is 3.19. The zero-order valence-electron chi connectivity index (χ0n) is 12.6. The van der Waals surface area contributed by atoms with Gasteiger partial charge in [0.15, 0.2) is 0 Å². The lowest BCUT2D eigenvalue weighted by atomic mass is 10.1. The van der Waals surface area contributed by atoms with Gasteiger partial charge in [0.25, 0.3) is 0 Å². The molecule has 0 saturated carbocycles. The van der Waals surface area contributed by atoms with Gasteiger partial charge in [-0.05, 0) is 20.3 Å². The smallest absolute Gasteiger partial charge is 0.242 e. The maximum absolute atomic E-state index is 12.5. The van der Waals surface area contributed by atoms with Gasteiger partial charge in [0.1, 0.15) is 5.82 Å². The maximum Gasteiger partial charge on any atom is 0.242 e. The van der Waals surface area contributed by atoms with Gasteiger partial charge in [0.2, 0.25) is 5.91 Å². The molecule has 0 spiro atoms. The summed E-state index contributed by atoms with van der Waals surface area (Å²) in [6.45, 7) is 9.81. The van der Waals surface area contributed by atoms with E-state index in [1.54, 1.807) is 6.20 Å². The van der Waals surface area contributed by atoms with Crippen LogP contribution in [-0.4, -0.2) is 52.9 Å². The second-order valence-electron chi connectivity index (χ2n) is 5.05. The van der Waals surface area contributed by atoms with Crippen LogP contribution in [-0.2, 0) is 16.1 Å². The van der Waals surface area contributed by atoms with Gasteiger partial charge in [-0.25, -0.2) is 4.68 Å². The fourth-order valence-electron chi connectivity index (χ4n) is 2.58. The first kappa shape index (κ1) is 15.0. The highest BCUT2D eigenvalue weighted by Crippen LogP contribution is 2.16. The first-order chi connectivity index (χ1) is 9.67. The van der Waals surface area contributed by atoms with Crippen molar-refractivity contribution in [1.82, 2.24) is 14.7 Å². The third-order valence-corrected chi connectivity index (χ3v) is 3.74. The van der Waals surface area contributed by atoms with E-state index in [4.69, 9.17) is 4.74 Å². The molecule has 0 aromatic carbocycles. The third-order valence-electron chi connectivity index (χ3n) is 3.74. The Morgan fingerprint density at radius 3 is 2.75 bits per heavy atom. The Hall–Kier alpha value is -1.40.